The molecule has 0 aliphatic rings. The van der Waals surface area contributed by atoms with Crippen molar-refractivity contribution in [1.29, 1.82) is 0 Å². The van der Waals surface area contributed by atoms with Crippen molar-refractivity contribution in [3.8, 4) is 28.3 Å². The summed E-state index contributed by atoms with van der Waals surface area (Å²) < 4.78 is 19.0. The monoisotopic (exact) mass is 488 g/mol. The summed E-state index contributed by atoms with van der Waals surface area (Å²) in [5.74, 6) is -0.218. The molecule has 0 aliphatic carbocycles. The second-order valence-electron chi connectivity index (χ2n) is 7.69. The molecular formula is C27H25FN4O2S. The minimum Gasteiger partial charge on any atom is -0.494 e. The van der Waals surface area contributed by atoms with Crippen LogP contribution in [-0.4, -0.2) is 45.4 Å². The van der Waals surface area contributed by atoms with Gasteiger partial charge < -0.3 is 9.64 Å². The van der Waals surface area contributed by atoms with Crippen molar-refractivity contribution in [2.75, 3.05) is 19.4 Å². The number of carbonyl (C=O) groups is 1. The van der Waals surface area contributed by atoms with Crippen LogP contribution in [0.4, 0.5) is 4.39 Å². The molecule has 1 heterocycles. The highest BCUT2D eigenvalue weighted by Crippen LogP contribution is 2.29. The fraction of sp³-hybridized carbons (Fsp3) is 0.185. The number of carbonyl (C=O) groups excluding carboxylic acids is 1. The van der Waals surface area contributed by atoms with Crippen LogP contribution in [0.5, 0.6) is 5.75 Å². The van der Waals surface area contributed by atoms with Crippen LogP contribution in [0.25, 0.3) is 22.5 Å². The number of benzene rings is 3. The van der Waals surface area contributed by atoms with Crippen molar-refractivity contribution in [1.82, 2.24) is 20.1 Å². The molecule has 4 aromatic rings. The number of aromatic nitrogens is 3. The van der Waals surface area contributed by atoms with E-state index in [0.29, 0.717) is 35.2 Å². The Balaban J connectivity index is 1.50. The van der Waals surface area contributed by atoms with Crippen LogP contribution in [0.15, 0.2) is 84.0 Å². The third kappa shape index (κ3) is 6.02. The average molecular weight is 489 g/mol. The first-order chi connectivity index (χ1) is 17.1. The molecule has 1 amide bonds. The third-order valence-electron chi connectivity index (χ3n) is 5.41. The van der Waals surface area contributed by atoms with Gasteiger partial charge in [0.25, 0.3) is 0 Å². The molecule has 0 unspecified atom stereocenters. The summed E-state index contributed by atoms with van der Waals surface area (Å²) in [5.41, 5.74) is 3.93. The minimum atomic E-state index is -0.450. The van der Waals surface area contributed by atoms with Crippen LogP contribution in [0.1, 0.15) is 12.5 Å². The van der Waals surface area contributed by atoms with Gasteiger partial charge in [-0.2, -0.15) is 0 Å². The second kappa shape index (κ2) is 11.6. The van der Waals surface area contributed by atoms with Gasteiger partial charge in [0.05, 0.1) is 12.9 Å². The minimum absolute atomic E-state index is 0.0919. The molecule has 178 valence electrons. The maximum absolute atomic E-state index is 14.1. The van der Waals surface area contributed by atoms with Gasteiger partial charge in [0, 0.05) is 24.2 Å². The maximum atomic E-state index is 14.1. The maximum Gasteiger partial charge on any atom is 0.233 e. The van der Waals surface area contributed by atoms with E-state index >= 15 is 0 Å². The van der Waals surface area contributed by atoms with E-state index in [0.717, 1.165) is 11.1 Å². The molecule has 0 saturated heterocycles. The average Bonchev–Trinajstić information content (AvgIpc) is 2.91. The van der Waals surface area contributed by atoms with E-state index in [1.54, 1.807) is 17.0 Å². The fourth-order valence-corrected chi connectivity index (χ4v) is 4.27. The molecule has 6 nitrogen and oxygen atoms in total. The largest absolute Gasteiger partial charge is 0.494 e. The molecule has 0 saturated carbocycles. The molecule has 0 N–H and O–H groups in total. The van der Waals surface area contributed by atoms with Crippen molar-refractivity contribution >= 4 is 17.7 Å². The van der Waals surface area contributed by atoms with Gasteiger partial charge in [0.15, 0.2) is 11.6 Å². The Bertz CT molecular complexity index is 1290. The summed E-state index contributed by atoms with van der Waals surface area (Å²) in [5, 5.41) is 9.15. The molecule has 8 heteroatoms. The van der Waals surface area contributed by atoms with E-state index < -0.39 is 5.82 Å². The lowest BCUT2D eigenvalue weighted by molar-refractivity contribution is -0.128. The molecule has 35 heavy (non-hydrogen) atoms. The summed E-state index contributed by atoms with van der Waals surface area (Å²) in [6, 6.07) is 24.3. The molecule has 4 rings (SSSR count). The SMILES string of the molecule is CCN(Cc1ccc(OC)c(F)c1)C(=O)CSc1nnc(-c2ccccc2)c(-c2ccccc2)n1. The Hall–Kier alpha value is -3.78. The van der Waals surface area contributed by atoms with E-state index in [2.05, 4.69) is 10.2 Å². The van der Waals surface area contributed by atoms with E-state index in [9.17, 15) is 9.18 Å². The second-order valence-corrected chi connectivity index (χ2v) is 8.63. The Kier molecular flexibility index (Phi) is 8.05. The van der Waals surface area contributed by atoms with Crippen LogP contribution in [0.2, 0.25) is 0 Å². The van der Waals surface area contributed by atoms with Gasteiger partial charge in [0.2, 0.25) is 11.1 Å². The molecule has 1 aromatic heterocycles. The standard InChI is InChI=1S/C27H25FN4O2S/c1-3-32(17-19-14-15-23(34-2)22(28)16-19)24(33)18-35-27-29-25(20-10-6-4-7-11-20)26(30-31-27)21-12-8-5-9-13-21/h4-16H,3,17-18H2,1-2H3. The first-order valence-corrected chi connectivity index (χ1v) is 12.2. The van der Waals surface area contributed by atoms with Crippen LogP contribution in [-0.2, 0) is 11.3 Å². The van der Waals surface area contributed by atoms with Crippen molar-refractivity contribution in [2.45, 2.75) is 18.6 Å². The summed E-state index contributed by atoms with van der Waals surface area (Å²) in [6.07, 6.45) is 0. The quantitative estimate of drug-likeness (QED) is 0.290. The molecule has 0 radical (unpaired) electrons. The number of nitrogens with zero attached hydrogens (tertiary/aromatic N) is 4. The number of halogens is 1. The van der Waals surface area contributed by atoms with Crippen LogP contribution in [0, 0.1) is 5.82 Å². The van der Waals surface area contributed by atoms with Crippen LogP contribution >= 0.6 is 11.8 Å². The van der Waals surface area contributed by atoms with Crippen molar-refractivity contribution in [3.63, 3.8) is 0 Å². The summed E-state index contributed by atoms with van der Waals surface area (Å²) in [4.78, 5) is 19.3. The summed E-state index contributed by atoms with van der Waals surface area (Å²) >= 11 is 1.23. The fourth-order valence-electron chi connectivity index (χ4n) is 3.58. The lowest BCUT2D eigenvalue weighted by atomic mass is 10.0. The topological polar surface area (TPSA) is 68.2 Å². The zero-order valence-corrected chi connectivity index (χ0v) is 20.3. The predicted molar refractivity (Wildman–Crippen MR) is 135 cm³/mol. The Morgan fingerprint density at radius 3 is 2.20 bits per heavy atom. The molecule has 0 atom stereocenters. The van der Waals surface area contributed by atoms with Crippen LogP contribution < -0.4 is 4.74 Å². The number of rotatable bonds is 9. The van der Waals surface area contributed by atoms with Gasteiger partial charge in [-0.1, -0.05) is 78.5 Å². The van der Waals surface area contributed by atoms with Crippen molar-refractivity contribution in [2.24, 2.45) is 0 Å². The molecule has 0 aliphatic heterocycles. The molecular weight excluding hydrogens is 463 g/mol. The Labute approximate surface area is 208 Å². The normalized spacial score (nSPS) is 10.7. The highest BCUT2D eigenvalue weighted by Gasteiger charge is 2.17. The smallest absolute Gasteiger partial charge is 0.233 e. The lowest BCUT2D eigenvalue weighted by Gasteiger charge is -2.21. The van der Waals surface area contributed by atoms with Crippen LogP contribution in [0.3, 0.4) is 0 Å². The molecule has 0 spiro atoms. The highest BCUT2D eigenvalue weighted by molar-refractivity contribution is 7.99. The first-order valence-electron chi connectivity index (χ1n) is 11.2. The summed E-state index contributed by atoms with van der Waals surface area (Å²) in [6.45, 7) is 2.69. The number of thioether (sulfide) groups is 1. The van der Waals surface area contributed by atoms with Crippen molar-refractivity contribution in [3.05, 3.63) is 90.2 Å². The highest BCUT2D eigenvalue weighted by atomic mass is 32.2. The zero-order valence-electron chi connectivity index (χ0n) is 19.5. The Morgan fingerprint density at radius 2 is 1.60 bits per heavy atom. The van der Waals surface area contributed by atoms with Crippen molar-refractivity contribution < 1.29 is 13.9 Å². The number of amides is 1. The number of ether oxygens (including phenoxy) is 1. The van der Waals surface area contributed by atoms with E-state index in [1.807, 2.05) is 67.6 Å². The lowest BCUT2D eigenvalue weighted by Crippen LogP contribution is -2.31. The Morgan fingerprint density at radius 1 is 0.943 bits per heavy atom. The summed E-state index contributed by atoms with van der Waals surface area (Å²) in [7, 11) is 1.42. The van der Waals surface area contributed by atoms with Gasteiger partial charge in [-0.25, -0.2) is 9.37 Å². The van der Waals surface area contributed by atoms with E-state index in [4.69, 9.17) is 9.72 Å². The third-order valence-corrected chi connectivity index (χ3v) is 6.23. The van der Waals surface area contributed by atoms with E-state index in [-0.39, 0.29) is 17.4 Å². The predicted octanol–water partition coefficient (Wildman–Crippen LogP) is 5.49. The molecule has 0 fully saturated rings. The zero-order chi connectivity index (χ0) is 24.6. The first kappa shape index (κ1) is 24.3. The van der Waals surface area contributed by atoms with E-state index in [1.165, 1.54) is 24.9 Å². The number of methoxy groups -OCH3 is 1. The van der Waals surface area contributed by atoms with Gasteiger partial charge in [0.1, 0.15) is 11.4 Å². The van der Waals surface area contributed by atoms with Gasteiger partial charge in [-0.3, -0.25) is 4.79 Å². The molecule has 0 bridgehead atoms. The van der Waals surface area contributed by atoms with Gasteiger partial charge in [-0.15, -0.1) is 10.2 Å². The number of hydrogen-bond donors (Lipinski definition) is 0. The van der Waals surface area contributed by atoms with Gasteiger partial charge >= 0.3 is 0 Å². The van der Waals surface area contributed by atoms with Gasteiger partial charge in [-0.05, 0) is 24.6 Å². The number of hydrogen-bond acceptors (Lipinski definition) is 6. The molecule has 3 aromatic carbocycles.